The number of aliphatic hydroxyl groups excluding tert-OH is 1. The molecule has 2 nitrogen and oxygen atoms in total. The number of thioether (sulfide) groups is 1. The highest BCUT2D eigenvalue weighted by molar-refractivity contribution is 7.99. The normalized spacial score (nSPS) is 18.9. The second-order valence-corrected chi connectivity index (χ2v) is 8.25. The second-order valence-electron chi connectivity index (χ2n) is 7.20. The lowest BCUT2D eigenvalue weighted by Gasteiger charge is -2.28. The molecule has 1 fully saturated rings. The van der Waals surface area contributed by atoms with E-state index in [0.717, 1.165) is 5.75 Å². The van der Waals surface area contributed by atoms with Crippen LogP contribution in [0.4, 0.5) is 0 Å². The average Bonchev–Trinajstić information content (AvgIpc) is 3.20. The predicted octanol–water partition coefficient (Wildman–Crippen LogP) is 3.58. The summed E-state index contributed by atoms with van der Waals surface area (Å²) in [6.45, 7) is 9.00. The highest BCUT2D eigenvalue weighted by atomic mass is 32.2. The van der Waals surface area contributed by atoms with Crippen LogP contribution in [0.1, 0.15) is 46.1 Å². The average molecular weight is 293 g/mol. The molecule has 0 bridgehead atoms. The van der Waals surface area contributed by atoms with E-state index >= 15 is 0 Å². The van der Waals surface area contributed by atoms with E-state index < -0.39 is 0 Å². The molecular formula is C17H27NOS. The molecule has 1 aliphatic rings. The minimum Gasteiger partial charge on any atom is -0.394 e. The summed E-state index contributed by atoms with van der Waals surface area (Å²) in [4.78, 5) is 1.27. The van der Waals surface area contributed by atoms with Gasteiger partial charge in [0.2, 0.25) is 0 Å². The minimum atomic E-state index is -0.172. The number of hydrogen-bond donors (Lipinski definition) is 2. The molecule has 0 heterocycles. The van der Waals surface area contributed by atoms with E-state index in [-0.39, 0.29) is 17.6 Å². The summed E-state index contributed by atoms with van der Waals surface area (Å²) in [5.41, 5.74) is 1.40. The summed E-state index contributed by atoms with van der Waals surface area (Å²) >= 11 is 1.82. The molecule has 0 aromatic heterocycles. The molecule has 112 valence electrons. The van der Waals surface area contributed by atoms with Crippen LogP contribution in [-0.2, 0) is 5.41 Å². The van der Waals surface area contributed by atoms with Crippen LogP contribution in [-0.4, -0.2) is 29.0 Å². The molecule has 3 heteroatoms. The van der Waals surface area contributed by atoms with Crippen LogP contribution in [0.25, 0.3) is 0 Å². The van der Waals surface area contributed by atoms with E-state index in [1.807, 2.05) is 11.8 Å². The molecule has 2 N–H and O–H groups in total. The first-order chi connectivity index (χ1) is 9.32. The Hall–Kier alpha value is -0.510. The molecule has 1 atom stereocenters. The molecule has 1 aliphatic carbocycles. The topological polar surface area (TPSA) is 32.3 Å². The number of benzene rings is 1. The van der Waals surface area contributed by atoms with E-state index in [4.69, 9.17) is 0 Å². The van der Waals surface area contributed by atoms with Gasteiger partial charge in [0.1, 0.15) is 0 Å². The molecule has 1 unspecified atom stereocenters. The van der Waals surface area contributed by atoms with Crippen molar-refractivity contribution in [3.8, 4) is 0 Å². The fourth-order valence-electron chi connectivity index (χ4n) is 2.15. The number of nitrogens with one attached hydrogen (secondary N) is 1. The quantitative estimate of drug-likeness (QED) is 0.786. The zero-order valence-electron chi connectivity index (χ0n) is 13.1. The van der Waals surface area contributed by atoms with Crippen molar-refractivity contribution in [2.24, 2.45) is 0 Å². The van der Waals surface area contributed by atoms with Gasteiger partial charge in [0.25, 0.3) is 0 Å². The van der Waals surface area contributed by atoms with E-state index in [0.29, 0.717) is 6.04 Å². The van der Waals surface area contributed by atoms with Gasteiger partial charge in [0.15, 0.2) is 0 Å². The van der Waals surface area contributed by atoms with Crippen molar-refractivity contribution in [1.29, 1.82) is 0 Å². The molecule has 1 saturated carbocycles. The highest BCUT2D eigenvalue weighted by Crippen LogP contribution is 2.29. The molecule has 2 rings (SSSR count). The molecule has 0 saturated heterocycles. The fraction of sp³-hybridized carbons (Fsp3) is 0.647. The standard InChI is InChI=1S/C17H27NOS/c1-16(2,3)13-5-9-15(10-6-13)20-12-17(4,11-19)18-14-7-8-14/h5-6,9-10,14,18-19H,7-8,11-12H2,1-4H3. The summed E-state index contributed by atoms with van der Waals surface area (Å²) in [5, 5.41) is 13.2. The van der Waals surface area contributed by atoms with Crippen molar-refractivity contribution in [1.82, 2.24) is 5.32 Å². The van der Waals surface area contributed by atoms with Gasteiger partial charge in [0, 0.05) is 22.2 Å². The van der Waals surface area contributed by atoms with Gasteiger partial charge in [-0.3, -0.25) is 0 Å². The number of aliphatic hydroxyl groups is 1. The third-order valence-electron chi connectivity index (χ3n) is 3.76. The van der Waals surface area contributed by atoms with Gasteiger partial charge in [-0.2, -0.15) is 0 Å². The van der Waals surface area contributed by atoms with Gasteiger partial charge < -0.3 is 10.4 Å². The number of hydrogen-bond acceptors (Lipinski definition) is 3. The predicted molar refractivity (Wildman–Crippen MR) is 87.5 cm³/mol. The van der Waals surface area contributed by atoms with Crippen molar-refractivity contribution in [2.45, 2.75) is 62.4 Å². The zero-order valence-corrected chi connectivity index (χ0v) is 13.9. The van der Waals surface area contributed by atoms with Crippen molar-refractivity contribution in [3.63, 3.8) is 0 Å². The smallest absolute Gasteiger partial charge is 0.0618 e. The summed E-state index contributed by atoms with van der Waals surface area (Å²) in [6.07, 6.45) is 2.50. The van der Waals surface area contributed by atoms with Gasteiger partial charge in [-0.15, -0.1) is 11.8 Å². The monoisotopic (exact) mass is 293 g/mol. The van der Waals surface area contributed by atoms with Gasteiger partial charge in [-0.25, -0.2) is 0 Å². The molecule has 1 aromatic rings. The van der Waals surface area contributed by atoms with Crippen LogP contribution in [0.3, 0.4) is 0 Å². The molecule has 0 aliphatic heterocycles. The van der Waals surface area contributed by atoms with E-state index in [9.17, 15) is 5.11 Å². The highest BCUT2D eigenvalue weighted by Gasteiger charge is 2.31. The Morgan fingerprint density at radius 1 is 1.15 bits per heavy atom. The number of rotatable bonds is 6. The summed E-state index contributed by atoms with van der Waals surface area (Å²) in [7, 11) is 0. The van der Waals surface area contributed by atoms with E-state index in [1.54, 1.807) is 0 Å². The van der Waals surface area contributed by atoms with Crippen molar-refractivity contribution < 1.29 is 5.11 Å². The first-order valence-electron chi connectivity index (χ1n) is 7.44. The van der Waals surface area contributed by atoms with Crippen molar-refractivity contribution in [3.05, 3.63) is 29.8 Å². The third kappa shape index (κ3) is 4.51. The Bertz CT molecular complexity index is 433. The van der Waals surface area contributed by atoms with Crippen LogP contribution in [0.2, 0.25) is 0 Å². The van der Waals surface area contributed by atoms with Crippen molar-refractivity contribution in [2.75, 3.05) is 12.4 Å². The zero-order chi connectivity index (χ0) is 14.8. The molecule has 0 spiro atoms. The largest absolute Gasteiger partial charge is 0.394 e. The molecule has 0 amide bonds. The van der Waals surface area contributed by atoms with Gasteiger partial charge in [0.05, 0.1) is 6.61 Å². The lowest BCUT2D eigenvalue weighted by atomic mass is 9.87. The van der Waals surface area contributed by atoms with Gasteiger partial charge in [-0.1, -0.05) is 32.9 Å². The van der Waals surface area contributed by atoms with Gasteiger partial charge >= 0.3 is 0 Å². The maximum absolute atomic E-state index is 9.61. The Balaban J connectivity index is 1.92. The Morgan fingerprint density at radius 3 is 2.20 bits per heavy atom. The van der Waals surface area contributed by atoms with Crippen LogP contribution in [0.5, 0.6) is 0 Å². The van der Waals surface area contributed by atoms with Crippen LogP contribution >= 0.6 is 11.8 Å². The first kappa shape index (κ1) is 15.9. The first-order valence-corrected chi connectivity index (χ1v) is 8.43. The summed E-state index contributed by atoms with van der Waals surface area (Å²) in [5.74, 6) is 0.898. The van der Waals surface area contributed by atoms with Crippen LogP contribution < -0.4 is 5.32 Å². The third-order valence-corrected chi connectivity index (χ3v) is 5.14. The Morgan fingerprint density at radius 2 is 1.75 bits per heavy atom. The minimum absolute atomic E-state index is 0.172. The Kier molecular flexibility index (Phi) is 4.83. The van der Waals surface area contributed by atoms with E-state index in [2.05, 4.69) is 57.3 Å². The lowest BCUT2D eigenvalue weighted by Crippen LogP contribution is -2.49. The van der Waals surface area contributed by atoms with Crippen molar-refractivity contribution >= 4 is 11.8 Å². The van der Waals surface area contributed by atoms with Crippen LogP contribution in [0.15, 0.2) is 29.2 Å². The lowest BCUT2D eigenvalue weighted by molar-refractivity contribution is 0.190. The van der Waals surface area contributed by atoms with Gasteiger partial charge in [-0.05, 0) is 42.9 Å². The molecule has 0 radical (unpaired) electrons. The summed E-state index contributed by atoms with van der Waals surface area (Å²) in [6, 6.07) is 9.44. The maximum atomic E-state index is 9.61. The fourth-order valence-corrected chi connectivity index (χ4v) is 3.14. The SMILES string of the molecule is CC(CO)(CSc1ccc(C(C)(C)C)cc1)NC1CC1. The molecule has 1 aromatic carbocycles. The van der Waals surface area contributed by atoms with Crippen LogP contribution in [0, 0.1) is 0 Å². The molecular weight excluding hydrogens is 266 g/mol. The van der Waals surface area contributed by atoms with E-state index in [1.165, 1.54) is 23.3 Å². The summed E-state index contributed by atoms with van der Waals surface area (Å²) < 4.78 is 0. The maximum Gasteiger partial charge on any atom is 0.0618 e. The molecule has 20 heavy (non-hydrogen) atoms. The Labute approximate surface area is 127 Å². The second kappa shape index (κ2) is 6.08.